The fourth-order valence-electron chi connectivity index (χ4n) is 2.54. The monoisotopic (exact) mass is 452 g/mol. The zero-order valence-electron chi connectivity index (χ0n) is 16.9. The summed E-state index contributed by atoms with van der Waals surface area (Å²) in [5.41, 5.74) is 1.41. The van der Waals surface area contributed by atoms with Crippen molar-refractivity contribution in [2.75, 3.05) is 25.6 Å². The Bertz CT molecular complexity index is 991. The van der Waals surface area contributed by atoms with Crippen LogP contribution in [0.4, 0.5) is 5.69 Å². The molecular weight excluding hydrogens is 428 g/mol. The van der Waals surface area contributed by atoms with Gasteiger partial charge in [0, 0.05) is 17.8 Å². The summed E-state index contributed by atoms with van der Waals surface area (Å²) in [5.74, 6) is 0.216. The number of hydrogen-bond acceptors (Lipinski definition) is 5. The third-order valence-electron chi connectivity index (χ3n) is 3.96. The van der Waals surface area contributed by atoms with Crippen LogP contribution in [0.1, 0.15) is 29.3 Å². The fraction of sp³-hybridized carbons (Fsp3) is 0.286. The maximum Gasteiger partial charge on any atom is 0.255 e. The Morgan fingerprint density at radius 1 is 1.23 bits per heavy atom. The minimum Gasteiger partial charge on any atom is -0.493 e. The van der Waals surface area contributed by atoms with Crippen LogP contribution in [-0.2, 0) is 15.8 Å². The van der Waals surface area contributed by atoms with Crippen LogP contribution in [0.5, 0.6) is 11.5 Å². The molecule has 2 aromatic carbocycles. The molecule has 2 rings (SSSR count). The SMILES string of the molecule is C=CCNS(=O)(=O)Cc1ccc(NC(=O)c2cc(Cl)c(OCCC)c(OC)c2)cc1. The lowest BCUT2D eigenvalue weighted by Crippen LogP contribution is -2.25. The zero-order valence-corrected chi connectivity index (χ0v) is 18.5. The van der Waals surface area contributed by atoms with Gasteiger partial charge >= 0.3 is 0 Å². The first-order valence-corrected chi connectivity index (χ1v) is 11.3. The number of rotatable bonds is 11. The maximum atomic E-state index is 12.6. The maximum absolute atomic E-state index is 12.6. The van der Waals surface area contributed by atoms with Crippen molar-refractivity contribution in [3.05, 3.63) is 65.2 Å². The second-order valence-electron chi connectivity index (χ2n) is 6.39. The van der Waals surface area contributed by atoms with Gasteiger partial charge in [-0.15, -0.1) is 6.58 Å². The van der Waals surface area contributed by atoms with Gasteiger partial charge in [0.15, 0.2) is 11.5 Å². The molecule has 1 amide bonds. The number of ether oxygens (including phenoxy) is 2. The molecule has 0 aliphatic heterocycles. The molecule has 0 aliphatic carbocycles. The van der Waals surface area contributed by atoms with Crippen molar-refractivity contribution in [3.63, 3.8) is 0 Å². The zero-order chi connectivity index (χ0) is 22.1. The third-order valence-corrected chi connectivity index (χ3v) is 5.56. The molecular formula is C21H25ClN2O5S. The van der Waals surface area contributed by atoms with Crippen LogP contribution in [0.2, 0.25) is 5.02 Å². The highest BCUT2D eigenvalue weighted by molar-refractivity contribution is 7.88. The number of hydrogen-bond donors (Lipinski definition) is 2. The van der Waals surface area contributed by atoms with Gasteiger partial charge in [-0.25, -0.2) is 13.1 Å². The second-order valence-corrected chi connectivity index (χ2v) is 8.60. The van der Waals surface area contributed by atoms with E-state index in [9.17, 15) is 13.2 Å². The van der Waals surface area contributed by atoms with Crippen LogP contribution < -0.4 is 19.5 Å². The highest BCUT2D eigenvalue weighted by Gasteiger charge is 2.16. The Hall–Kier alpha value is -2.55. The Morgan fingerprint density at radius 3 is 2.53 bits per heavy atom. The summed E-state index contributed by atoms with van der Waals surface area (Å²) in [4.78, 5) is 12.6. The van der Waals surface area contributed by atoms with Crippen LogP contribution in [0.15, 0.2) is 49.1 Å². The lowest BCUT2D eigenvalue weighted by molar-refractivity contribution is 0.102. The number of carbonyl (C=O) groups excluding carboxylic acids is 1. The highest BCUT2D eigenvalue weighted by Crippen LogP contribution is 2.36. The van der Waals surface area contributed by atoms with E-state index in [-0.39, 0.29) is 23.2 Å². The van der Waals surface area contributed by atoms with E-state index in [1.165, 1.54) is 19.3 Å². The number of methoxy groups -OCH3 is 1. The summed E-state index contributed by atoms with van der Waals surface area (Å²) in [6, 6.07) is 9.60. The van der Waals surface area contributed by atoms with Crippen LogP contribution >= 0.6 is 11.6 Å². The van der Waals surface area contributed by atoms with Gasteiger partial charge in [0.05, 0.1) is 24.5 Å². The molecule has 2 N–H and O–H groups in total. The molecule has 0 fully saturated rings. The summed E-state index contributed by atoms with van der Waals surface area (Å²) in [5, 5.41) is 3.03. The van der Waals surface area contributed by atoms with Gasteiger partial charge in [-0.05, 0) is 36.2 Å². The molecule has 0 saturated carbocycles. The Balaban J connectivity index is 2.10. The van der Waals surface area contributed by atoms with Gasteiger partial charge in [-0.2, -0.15) is 0 Å². The van der Waals surface area contributed by atoms with Crippen molar-refractivity contribution in [2.45, 2.75) is 19.1 Å². The topological polar surface area (TPSA) is 93.7 Å². The van der Waals surface area contributed by atoms with Gasteiger partial charge < -0.3 is 14.8 Å². The quantitative estimate of drug-likeness (QED) is 0.502. The van der Waals surface area contributed by atoms with E-state index in [4.69, 9.17) is 21.1 Å². The minimum absolute atomic E-state index is 0.166. The molecule has 0 aliphatic rings. The number of sulfonamides is 1. The van der Waals surface area contributed by atoms with Crippen molar-refractivity contribution in [3.8, 4) is 11.5 Å². The standard InChI is InChI=1S/C21H25ClN2O5S/c1-4-10-23-30(26,27)14-15-6-8-17(9-7-15)24-21(25)16-12-18(22)20(29-11-5-2)19(13-16)28-3/h4,6-9,12-13,23H,1,5,10-11,14H2,2-3H3,(H,24,25). The summed E-state index contributed by atoms with van der Waals surface area (Å²) in [7, 11) is -1.97. The van der Waals surface area contributed by atoms with Crippen molar-refractivity contribution in [2.24, 2.45) is 0 Å². The Labute approximate surface area is 182 Å². The number of nitrogens with one attached hydrogen (secondary N) is 2. The molecule has 0 aromatic heterocycles. The van der Waals surface area contributed by atoms with Gasteiger partial charge in [0.1, 0.15) is 0 Å². The number of carbonyl (C=O) groups is 1. The molecule has 2 aromatic rings. The predicted octanol–water partition coefficient (Wildman–Crippen LogP) is 4.00. The number of amides is 1. The summed E-state index contributed by atoms with van der Waals surface area (Å²) in [6.45, 7) is 6.10. The lowest BCUT2D eigenvalue weighted by atomic mass is 10.1. The predicted molar refractivity (Wildman–Crippen MR) is 119 cm³/mol. The summed E-state index contributed by atoms with van der Waals surface area (Å²) >= 11 is 6.26. The normalized spacial score (nSPS) is 11.0. The molecule has 0 spiro atoms. The van der Waals surface area contributed by atoms with E-state index in [2.05, 4.69) is 16.6 Å². The average molecular weight is 453 g/mol. The third kappa shape index (κ3) is 6.76. The van der Waals surface area contributed by atoms with Crippen LogP contribution in [-0.4, -0.2) is 34.6 Å². The van der Waals surface area contributed by atoms with Crippen LogP contribution in [0.25, 0.3) is 0 Å². The summed E-state index contributed by atoms with van der Waals surface area (Å²) < 4.78 is 37.2. The van der Waals surface area contributed by atoms with Crippen LogP contribution in [0, 0.1) is 0 Å². The van der Waals surface area contributed by atoms with Crippen LogP contribution in [0.3, 0.4) is 0 Å². The van der Waals surface area contributed by atoms with E-state index >= 15 is 0 Å². The molecule has 0 atom stereocenters. The molecule has 0 unspecified atom stereocenters. The largest absolute Gasteiger partial charge is 0.493 e. The number of anilines is 1. The minimum atomic E-state index is -3.45. The van der Waals surface area contributed by atoms with Crippen molar-refractivity contribution in [1.29, 1.82) is 0 Å². The van der Waals surface area contributed by atoms with E-state index in [0.29, 0.717) is 34.9 Å². The van der Waals surface area contributed by atoms with Gasteiger partial charge in [-0.3, -0.25) is 4.79 Å². The second kappa shape index (κ2) is 11.0. The molecule has 9 heteroatoms. The molecule has 0 radical (unpaired) electrons. The summed E-state index contributed by atoms with van der Waals surface area (Å²) in [6.07, 6.45) is 2.28. The first-order chi connectivity index (χ1) is 14.3. The number of halogens is 1. The van der Waals surface area contributed by atoms with Crippen molar-refractivity contribution >= 4 is 33.2 Å². The smallest absolute Gasteiger partial charge is 0.255 e. The first kappa shape index (κ1) is 23.7. The molecule has 30 heavy (non-hydrogen) atoms. The first-order valence-electron chi connectivity index (χ1n) is 9.28. The number of benzene rings is 2. The van der Waals surface area contributed by atoms with Gasteiger partial charge in [-0.1, -0.05) is 36.7 Å². The molecule has 162 valence electrons. The van der Waals surface area contributed by atoms with E-state index in [1.807, 2.05) is 6.92 Å². The Morgan fingerprint density at radius 2 is 1.93 bits per heavy atom. The van der Waals surface area contributed by atoms with Crippen molar-refractivity contribution < 1.29 is 22.7 Å². The van der Waals surface area contributed by atoms with Gasteiger partial charge in [0.25, 0.3) is 5.91 Å². The highest BCUT2D eigenvalue weighted by atomic mass is 35.5. The average Bonchev–Trinajstić information content (AvgIpc) is 2.72. The molecule has 7 nitrogen and oxygen atoms in total. The fourth-order valence-corrected chi connectivity index (χ4v) is 3.91. The Kier molecular flexibility index (Phi) is 8.71. The van der Waals surface area contributed by atoms with E-state index < -0.39 is 10.0 Å². The van der Waals surface area contributed by atoms with Crippen molar-refractivity contribution in [1.82, 2.24) is 4.72 Å². The molecule has 0 bridgehead atoms. The molecule has 0 saturated heterocycles. The van der Waals surface area contributed by atoms with E-state index in [0.717, 1.165) is 6.42 Å². The van der Waals surface area contributed by atoms with E-state index in [1.54, 1.807) is 30.3 Å². The lowest BCUT2D eigenvalue weighted by Gasteiger charge is -2.14. The molecule has 0 heterocycles. The van der Waals surface area contributed by atoms with Gasteiger partial charge in [0.2, 0.25) is 10.0 Å².